The van der Waals surface area contributed by atoms with Crippen molar-refractivity contribution in [2.24, 2.45) is 0 Å². The highest BCUT2D eigenvalue weighted by Gasteiger charge is 2.32. The van der Waals surface area contributed by atoms with Gasteiger partial charge in [0.05, 0.1) is 17.0 Å². The summed E-state index contributed by atoms with van der Waals surface area (Å²) in [5.74, 6) is -0.773. The van der Waals surface area contributed by atoms with Crippen molar-refractivity contribution >= 4 is 50.7 Å². The second-order valence-corrected chi connectivity index (χ2v) is 11.8. The van der Waals surface area contributed by atoms with Crippen LogP contribution in [0.2, 0.25) is 10.0 Å². The third-order valence-corrected chi connectivity index (χ3v) is 7.83. The van der Waals surface area contributed by atoms with Crippen LogP contribution in [-0.4, -0.2) is 50.0 Å². The predicted octanol–water partition coefficient (Wildman–Crippen LogP) is 4.54. The van der Waals surface area contributed by atoms with Crippen LogP contribution in [0, 0.1) is 6.92 Å². The summed E-state index contributed by atoms with van der Waals surface area (Å²) in [6.07, 6.45) is 4.97. The molecule has 3 rings (SSSR count). The summed E-state index contributed by atoms with van der Waals surface area (Å²) in [6.45, 7) is 3.26. The third-order valence-electron chi connectivity index (χ3n) is 6.16. The molecule has 7 nitrogen and oxygen atoms in total. The number of sulfonamides is 1. The lowest BCUT2D eigenvalue weighted by atomic mass is 10.1. The topological polar surface area (TPSA) is 86.8 Å². The second kappa shape index (κ2) is 11.6. The Kier molecular flexibility index (Phi) is 9.07. The zero-order valence-corrected chi connectivity index (χ0v) is 22.5. The fraction of sp³-hybridized carbons (Fsp3) is 0.440. The van der Waals surface area contributed by atoms with Gasteiger partial charge in [0, 0.05) is 17.6 Å². The number of amides is 2. The first-order valence-corrected chi connectivity index (χ1v) is 14.1. The molecule has 0 aromatic heterocycles. The van der Waals surface area contributed by atoms with Crippen molar-refractivity contribution in [3.63, 3.8) is 0 Å². The number of aryl methyl sites for hydroxylation is 1. The molecular formula is C25H31Cl2N3O4S. The molecule has 0 bridgehead atoms. The molecule has 1 fully saturated rings. The quantitative estimate of drug-likeness (QED) is 0.506. The van der Waals surface area contributed by atoms with Crippen molar-refractivity contribution in [3.8, 4) is 0 Å². The van der Waals surface area contributed by atoms with Crippen LogP contribution < -0.4 is 9.62 Å². The number of nitrogens with zero attached hydrogens (tertiary/aromatic N) is 2. The average Bonchev–Trinajstić information content (AvgIpc) is 3.28. The van der Waals surface area contributed by atoms with Gasteiger partial charge in [0.25, 0.3) is 0 Å². The maximum absolute atomic E-state index is 13.6. The lowest BCUT2D eigenvalue weighted by Crippen LogP contribution is -2.52. The number of nitrogens with one attached hydrogen (secondary N) is 1. The Morgan fingerprint density at radius 3 is 2.40 bits per heavy atom. The lowest BCUT2D eigenvalue weighted by Gasteiger charge is -2.32. The van der Waals surface area contributed by atoms with Crippen LogP contribution in [0.4, 0.5) is 5.69 Å². The van der Waals surface area contributed by atoms with E-state index in [2.05, 4.69) is 5.32 Å². The molecule has 1 aliphatic carbocycles. The molecule has 10 heteroatoms. The van der Waals surface area contributed by atoms with Gasteiger partial charge in [-0.25, -0.2) is 8.42 Å². The molecule has 2 aromatic carbocycles. The number of hydrogen-bond donors (Lipinski definition) is 1. The van der Waals surface area contributed by atoms with Gasteiger partial charge in [-0.15, -0.1) is 0 Å². The molecule has 190 valence electrons. The molecule has 35 heavy (non-hydrogen) atoms. The van der Waals surface area contributed by atoms with Crippen LogP contribution in [0.15, 0.2) is 42.5 Å². The zero-order valence-electron chi connectivity index (χ0n) is 20.1. The summed E-state index contributed by atoms with van der Waals surface area (Å²) in [7, 11) is -3.87. The summed E-state index contributed by atoms with van der Waals surface area (Å²) >= 11 is 12.2. The van der Waals surface area contributed by atoms with Gasteiger partial charge < -0.3 is 10.2 Å². The Balaban J connectivity index is 1.90. The van der Waals surface area contributed by atoms with Gasteiger partial charge in [-0.2, -0.15) is 0 Å². The molecular weight excluding hydrogens is 509 g/mol. The van der Waals surface area contributed by atoms with E-state index < -0.39 is 28.5 Å². The van der Waals surface area contributed by atoms with E-state index in [-0.39, 0.29) is 29.2 Å². The van der Waals surface area contributed by atoms with Crippen LogP contribution in [0.3, 0.4) is 0 Å². The first kappa shape index (κ1) is 27.3. The predicted molar refractivity (Wildman–Crippen MR) is 140 cm³/mol. The van der Waals surface area contributed by atoms with Gasteiger partial charge in [-0.05, 0) is 50.5 Å². The van der Waals surface area contributed by atoms with Gasteiger partial charge in [0.2, 0.25) is 21.8 Å². The highest BCUT2D eigenvalue weighted by molar-refractivity contribution is 7.92. The van der Waals surface area contributed by atoms with Crippen LogP contribution >= 0.6 is 23.2 Å². The normalized spacial score (nSPS) is 15.0. The Bertz CT molecular complexity index is 1180. The van der Waals surface area contributed by atoms with E-state index in [9.17, 15) is 18.0 Å². The maximum Gasteiger partial charge on any atom is 0.244 e. The minimum absolute atomic E-state index is 0.0984. The van der Waals surface area contributed by atoms with E-state index in [0.29, 0.717) is 5.02 Å². The highest BCUT2D eigenvalue weighted by Crippen LogP contribution is 2.30. The van der Waals surface area contributed by atoms with Crippen molar-refractivity contribution < 1.29 is 18.0 Å². The standard InChI is InChI=1S/C25H31Cl2N3O4S/c1-17-7-6-8-19(13-17)15-29(18(2)25(32)28-21-9-4-5-10-21)24(31)16-30(35(3,33)34)23-12-11-20(26)14-22(23)27/h6-8,11-14,18,21H,4-5,9-10,15-16H2,1-3H3,(H,28,32). The molecule has 1 aliphatic rings. The molecule has 0 heterocycles. The summed E-state index contributed by atoms with van der Waals surface area (Å²) in [4.78, 5) is 28.1. The van der Waals surface area contributed by atoms with Gasteiger partial charge >= 0.3 is 0 Å². The van der Waals surface area contributed by atoms with Crippen LogP contribution in [0.25, 0.3) is 0 Å². The molecule has 0 aliphatic heterocycles. The highest BCUT2D eigenvalue weighted by atomic mass is 35.5. The number of halogens is 2. The number of carbonyl (C=O) groups is 2. The monoisotopic (exact) mass is 539 g/mol. The molecule has 0 spiro atoms. The fourth-order valence-electron chi connectivity index (χ4n) is 4.26. The summed E-state index contributed by atoms with van der Waals surface area (Å²) in [5.41, 5.74) is 2.00. The first-order valence-electron chi connectivity index (χ1n) is 11.5. The molecule has 1 N–H and O–H groups in total. The average molecular weight is 541 g/mol. The summed E-state index contributed by atoms with van der Waals surface area (Å²) < 4.78 is 26.2. The van der Waals surface area contributed by atoms with Crippen molar-refractivity contribution in [3.05, 3.63) is 63.6 Å². The van der Waals surface area contributed by atoms with Gasteiger partial charge in [0.1, 0.15) is 12.6 Å². The molecule has 2 amide bonds. The fourth-order valence-corrected chi connectivity index (χ4v) is 5.68. The van der Waals surface area contributed by atoms with E-state index in [1.54, 1.807) is 6.92 Å². The molecule has 1 saturated carbocycles. The molecule has 2 aromatic rings. The second-order valence-electron chi connectivity index (χ2n) is 9.04. The Hall–Kier alpha value is -2.29. The molecule has 1 atom stereocenters. The van der Waals surface area contributed by atoms with Gasteiger partial charge in [-0.3, -0.25) is 13.9 Å². The SMILES string of the molecule is Cc1cccc(CN(C(=O)CN(c2ccc(Cl)cc2Cl)S(C)(=O)=O)C(C)C(=O)NC2CCCC2)c1. The van der Waals surface area contributed by atoms with E-state index in [1.165, 1.54) is 23.1 Å². The van der Waals surface area contributed by atoms with Crippen molar-refractivity contribution in [2.75, 3.05) is 17.1 Å². The van der Waals surface area contributed by atoms with E-state index in [1.807, 2.05) is 31.2 Å². The van der Waals surface area contributed by atoms with E-state index >= 15 is 0 Å². The minimum atomic E-state index is -3.87. The van der Waals surface area contributed by atoms with E-state index in [4.69, 9.17) is 23.2 Å². The molecule has 1 unspecified atom stereocenters. The van der Waals surface area contributed by atoms with Gasteiger partial charge in [-0.1, -0.05) is 65.9 Å². The Labute approximate surface area is 217 Å². The van der Waals surface area contributed by atoms with Crippen LogP contribution in [-0.2, 0) is 26.2 Å². The summed E-state index contributed by atoms with van der Waals surface area (Å²) in [5, 5.41) is 3.49. The smallest absolute Gasteiger partial charge is 0.244 e. The maximum atomic E-state index is 13.6. The number of hydrogen-bond acceptors (Lipinski definition) is 4. The van der Waals surface area contributed by atoms with E-state index in [0.717, 1.165) is 47.4 Å². The molecule has 0 radical (unpaired) electrons. The number of rotatable bonds is 9. The number of benzene rings is 2. The largest absolute Gasteiger partial charge is 0.352 e. The van der Waals surface area contributed by atoms with Gasteiger partial charge in [0.15, 0.2) is 0 Å². The minimum Gasteiger partial charge on any atom is -0.352 e. The van der Waals surface area contributed by atoms with Crippen molar-refractivity contribution in [1.29, 1.82) is 0 Å². The number of carbonyl (C=O) groups excluding carboxylic acids is 2. The van der Waals surface area contributed by atoms with Crippen LogP contribution in [0.5, 0.6) is 0 Å². The molecule has 0 saturated heterocycles. The Morgan fingerprint density at radius 2 is 1.80 bits per heavy atom. The lowest BCUT2D eigenvalue weighted by molar-refractivity contribution is -0.139. The zero-order chi connectivity index (χ0) is 25.8. The summed E-state index contributed by atoms with van der Waals surface area (Å²) in [6, 6.07) is 11.3. The van der Waals surface area contributed by atoms with Crippen molar-refractivity contribution in [1.82, 2.24) is 10.2 Å². The Morgan fingerprint density at radius 1 is 1.11 bits per heavy atom. The van der Waals surface area contributed by atoms with Crippen molar-refractivity contribution in [2.45, 2.75) is 58.2 Å². The third kappa shape index (κ3) is 7.35. The van der Waals surface area contributed by atoms with Crippen LogP contribution in [0.1, 0.15) is 43.7 Å². The first-order chi connectivity index (χ1) is 16.5. The number of anilines is 1.